The molecule has 0 radical (unpaired) electrons. The van der Waals surface area contributed by atoms with E-state index in [1.165, 1.54) is 0 Å². The van der Waals surface area contributed by atoms with Crippen molar-refractivity contribution < 1.29 is 4.79 Å². The van der Waals surface area contributed by atoms with Crippen molar-refractivity contribution in [1.82, 2.24) is 4.57 Å². The number of pyridine rings is 1. The van der Waals surface area contributed by atoms with Crippen molar-refractivity contribution in [2.75, 3.05) is 5.32 Å². The van der Waals surface area contributed by atoms with Crippen LogP contribution in [0.25, 0.3) is 0 Å². The normalized spacial score (nSPS) is 10.3. The molecule has 0 saturated heterocycles. The number of aromatic nitrogens is 1. The lowest BCUT2D eigenvalue weighted by Gasteiger charge is -2.08. The van der Waals surface area contributed by atoms with Gasteiger partial charge in [-0.3, -0.25) is 9.59 Å². The van der Waals surface area contributed by atoms with Crippen LogP contribution in [0.15, 0.2) is 45.9 Å². The van der Waals surface area contributed by atoms with Crippen LogP contribution in [0.4, 0.5) is 5.69 Å². The molecule has 2 aromatic rings. The summed E-state index contributed by atoms with van der Waals surface area (Å²) in [6.07, 6.45) is 3.50. The Morgan fingerprint density at radius 3 is 2.80 bits per heavy atom. The van der Waals surface area contributed by atoms with E-state index in [9.17, 15) is 9.59 Å². The van der Waals surface area contributed by atoms with Gasteiger partial charge in [-0.25, -0.2) is 0 Å². The monoisotopic (exact) mass is 334 g/mol. The topological polar surface area (TPSA) is 51.1 Å². The quantitative estimate of drug-likeness (QED) is 0.938. The van der Waals surface area contributed by atoms with Crippen LogP contribution in [0.1, 0.15) is 11.1 Å². The molecule has 1 aromatic carbocycles. The first-order valence-corrected chi connectivity index (χ1v) is 6.96. The molecule has 4 nitrogen and oxygen atoms in total. The SMILES string of the molecule is Cc1cccc(CC(=O)Nc2cn(C)cc(Br)c2=O)c1. The van der Waals surface area contributed by atoms with Gasteiger partial charge in [-0.2, -0.15) is 0 Å². The number of halogens is 1. The summed E-state index contributed by atoms with van der Waals surface area (Å²) in [5.41, 5.74) is 2.09. The van der Waals surface area contributed by atoms with E-state index in [-0.39, 0.29) is 23.4 Å². The number of nitrogens with one attached hydrogen (secondary N) is 1. The molecule has 2 rings (SSSR count). The lowest BCUT2D eigenvalue weighted by molar-refractivity contribution is -0.115. The molecule has 1 aromatic heterocycles. The molecular formula is C15H15BrN2O2. The maximum absolute atomic E-state index is 12.0. The molecule has 20 heavy (non-hydrogen) atoms. The lowest BCUT2D eigenvalue weighted by Crippen LogP contribution is -2.21. The Kier molecular flexibility index (Phi) is 4.39. The van der Waals surface area contributed by atoms with Gasteiger partial charge < -0.3 is 9.88 Å². The molecule has 1 amide bonds. The third kappa shape index (κ3) is 3.57. The van der Waals surface area contributed by atoms with Gasteiger partial charge in [-0.15, -0.1) is 0 Å². The molecule has 5 heteroatoms. The number of carbonyl (C=O) groups is 1. The van der Waals surface area contributed by atoms with Crippen molar-refractivity contribution in [2.24, 2.45) is 7.05 Å². The maximum atomic E-state index is 12.0. The van der Waals surface area contributed by atoms with Gasteiger partial charge in [0.25, 0.3) is 0 Å². The fraction of sp³-hybridized carbons (Fsp3) is 0.200. The van der Waals surface area contributed by atoms with Gasteiger partial charge in [0.15, 0.2) is 0 Å². The van der Waals surface area contributed by atoms with Gasteiger partial charge in [-0.1, -0.05) is 29.8 Å². The number of anilines is 1. The van der Waals surface area contributed by atoms with E-state index in [1.54, 1.807) is 24.0 Å². The van der Waals surface area contributed by atoms with Crippen molar-refractivity contribution in [3.05, 3.63) is 62.5 Å². The van der Waals surface area contributed by atoms with Crippen molar-refractivity contribution in [2.45, 2.75) is 13.3 Å². The zero-order valence-electron chi connectivity index (χ0n) is 11.3. The van der Waals surface area contributed by atoms with E-state index >= 15 is 0 Å². The van der Waals surface area contributed by atoms with E-state index in [4.69, 9.17) is 0 Å². The predicted molar refractivity (Wildman–Crippen MR) is 82.9 cm³/mol. The van der Waals surface area contributed by atoms with Crippen LogP contribution in [0.3, 0.4) is 0 Å². The fourth-order valence-corrected chi connectivity index (χ4v) is 2.49. The highest BCUT2D eigenvalue weighted by Gasteiger charge is 2.09. The number of aryl methyl sites for hydroxylation is 2. The molecule has 0 bridgehead atoms. The van der Waals surface area contributed by atoms with Gasteiger partial charge in [0.05, 0.1) is 10.9 Å². The summed E-state index contributed by atoms with van der Waals surface area (Å²) < 4.78 is 2.14. The van der Waals surface area contributed by atoms with Gasteiger partial charge in [0.2, 0.25) is 11.3 Å². The number of benzene rings is 1. The van der Waals surface area contributed by atoms with Crippen LogP contribution in [-0.4, -0.2) is 10.5 Å². The van der Waals surface area contributed by atoms with E-state index < -0.39 is 0 Å². The third-order valence-corrected chi connectivity index (χ3v) is 3.40. The van der Waals surface area contributed by atoms with Crippen molar-refractivity contribution in [3.8, 4) is 0 Å². The molecule has 0 spiro atoms. The first-order chi connectivity index (χ1) is 9.45. The third-order valence-electron chi connectivity index (χ3n) is 2.83. The summed E-state index contributed by atoms with van der Waals surface area (Å²) in [7, 11) is 1.79. The summed E-state index contributed by atoms with van der Waals surface area (Å²) in [4.78, 5) is 23.9. The number of amides is 1. The number of hydrogen-bond acceptors (Lipinski definition) is 2. The maximum Gasteiger partial charge on any atom is 0.228 e. The molecule has 1 N–H and O–H groups in total. The van der Waals surface area contributed by atoms with Crippen molar-refractivity contribution >= 4 is 27.5 Å². The minimum atomic E-state index is -0.222. The number of hydrogen-bond donors (Lipinski definition) is 1. The second-order valence-corrected chi connectivity index (χ2v) is 5.58. The number of nitrogens with zero attached hydrogens (tertiary/aromatic N) is 1. The number of rotatable bonds is 3. The minimum Gasteiger partial charge on any atom is -0.354 e. The second-order valence-electron chi connectivity index (χ2n) is 4.73. The van der Waals surface area contributed by atoms with E-state index in [0.29, 0.717) is 4.47 Å². The molecule has 0 saturated carbocycles. The Labute approximate surface area is 125 Å². The molecule has 0 aliphatic rings. The lowest BCUT2D eigenvalue weighted by atomic mass is 10.1. The standard InChI is InChI=1S/C15H15BrN2O2/c1-10-4-3-5-11(6-10)7-14(19)17-13-9-18(2)8-12(16)15(13)20/h3-6,8-9H,7H2,1-2H3,(H,17,19). The zero-order valence-corrected chi connectivity index (χ0v) is 12.9. The van der Waals surface area contributed by atoms with E-state index in [2.05, 4.69) is 21.2 Å². The first kappa shape index (κ1) is 14.5. The summed E-state index contributed by atoms with van der Waals surface area (Å²) >= 11 is 3.18. The predicted octanol–water partition coefficient (Wildman–Crippen LogP) is 2.64. The molecule has 1 heterocycles. The largest absolute Gasteiger partial charge is 0.354 e. The Morgan fingerprint density at radius 1 is 1.35 bits per heavy atom. The highest BCUT2D eigenvalue weighted by Crippen LogP contribution is 2.09. The summed E-state index contributed by atoms with van der Waals surface area (Å²) in [6, 6.07) is 7.74. The summed E-state index contributed by atoms with van der Waals surface area (Å²) in [5, 5.41) is 2.66. The van der Waals surface area contributed by atoms with Gasteiger partial charge in [-0.05, 0) is 28.4 Å². The Bertz CT molecular complexity index is 707. The van der Waals surface area contributed by atoms with Crippen LogP contribution in [-0.2, 0) is 18.3 Å². The van der Waals surface area contributed by atoms with Crippen LogP contribution in [0, 0.1) is 6.92 Å². The molecule has 104 valence electrons. The highest BCUT2D eigenvalue weighted by atomic mass is 79.9. The number of carbonyl (C=O) groups excluding carboxylic acids is 1. The average molecular weight is 335 g/mol. The minimum absolute atomic E-state index is 0.203. The summed E-state index contributed by atoms with van der Waals surface area (Å²) in [6.45, 7) is 1.98. The van der Waals surface area contributed by atoms with Crippen LogP contribution in [0.2, 0.25) is 0 Å². The van der Waals surface area contributed by atoms with Crippen LogP contribution < -0.4 is 10.7 Å². The Morgan fingerprint density at radius 2 is 2.10 bits per heavy atom. The molecule has 0 aliphatic heterocycles. The molecule has 0 atom stereocenters. The van der Waals surface area contributed by atoms with E-state index in [1.807, 2.05) is 31.2 Å². The fourth-order valence-electron chi connectivity index (χ4n) is 1.96. The molecule has 0 fully saturated rings. The van der Waals surface area contributed by atoms with Gasteiger partial charge in [0.1, 0.15) is 5.69 Å². The van der Waals surface area contributed by atoms with Crippen LogP contribution in [0.5, 0.6) is 0 Å². The smallest absolute Gasteiger partial charge is 0.228 e. The second kappa shape index (κ2) is 6.05. The van der Waals surface area contributed by atoms with Crippen molar-refractivity contribution in [1.29, 1.82) is 0 Å². The Hall–Kier alpha value is -1.88. The van der Waals surface area contributed by atoms with Crippen molar-refractivity contribution in [3.63, 3.8) is 0 Å². The Balaban J connectivity index is 2.15. The van der Waals surface area contributed by atoms with Gasteiger partial charge in [0, 0.05) is 19.4 Å². The first-order valence-electron chi connectivity index (χ1n) is 6.17. The molecule has 0 aliphatic carbocycles. The average Bonchev–Trinajstić information content (AvgIpc) is 2.35. The van der Waals surface area contributed by atoms with Crippen LogP contribution >= 0.6 is 15.9 Å². The molecule has 0 unspecified atom stereocenters. The summed E-state index contributed by atoms with van der Waals surface area (Å²) in [5.74, 6) is -0.203. The van der Waals surface area contributed by atoms with E-state index in [0.717, 1.165) is 11.1 Å². The highest BCUT2D eigenvalue weighted by molar-refractivity contribution is 9.10. The molecular weight excluding hydrogens is 320 g/mol. The zero-order chi connectivity index (χ0) is 14.7. The van der Waals surface area contributed by atoms with Gasteiger partial charge >= 0.3 is 0 Å².